The molecule has 4 aromatic carbocycles. The summed E-state index contributed by atoms with van der Waals surface area (Å²) >= 11 is 0. The van der Waals surface area contributed by atoms with Gasteiger partial charge in [-0.2, -0.15) is 0 Å². The van der Waals surface area contributed by atoms with Crippen molar-refractivity contribution >= 4 is 5.57 Å². The molecule has 0 spiro atoms. The van der Waals surface area contributed by atoms with E-state index in [4.69, 9.17) is 10.5 Å². The molecule has 0 aliphatic carbocycles. The number of benzene rings is 4. The van der Waals surface area contributed by atoms with Gasteiger partial charge in [-0.25, -0.2) is 0 Å². The number of aryl methyl sites for hydroxylation is 1. The summed E-state index contributed by atoms with van der Waals surface area (Å²) in [4.78, 5) is 0. The van der Waals surface area contributed by atoms with E-state index in [0.29, 0.717) is 13.2 Å². The third-order valence-electron chi connectivity index (χ3n) is 5.81. The number of nitrogens with two attached hydrogens (primary N) is 1. The number of hydrogen-bond donors (Lipinski definition) is 1. The van der Waals surface area contributed by atoms with E-state index in [9.17, 15) is 0 Å². The largest absolute Gasteiger partial charge is 0.496 e. The third-order valence-corrected chi connectivity index (χ3v) is 5.81. The minimum atomic E-state index is 0.498. The lowest BCUT2D eigenvalue weighted by Crippen LogP contribution is -2.11. The van der Waals surface area contributed by atoms with Crippen molar-refractivity contribution in [2.75, 3.05) is 13.2 Å². The molecule has 4 aromatic rings. The van der Waals surface area contributed by atoms with Gasteiger partial charge in [-0.05, 0) is 34.2 Å². The first kappa shape index (κ1) is 22.6. The molecule has 4 rings (SSSR count). The highest BCUT2D eigenvalue weighted by Gasteiger charge is 2.15. The molecule has 2 N–H and O–H groups in total. The number of allylic oxidation sites excluding steroid dienone is 2. The molecule has 0 bridgehead atoms. The predicted octanol–water partition coefficient (Wildman–Crippen LogP) is 6.92. The first-order chi connectivity index (χ1) is 16.3. The van der Waals surface area contributed by atoms with Crippen LogP contribution in [0, 0.1) is 0 Å². The van der Waals surface area contributed by atoms with Gasteiger partial charge in [0.25, 0.3) is 0 Å². The third kappa shape index (κ3) is 6.21. The van der Waals surface area contributed by atoms with Crippen LogP contribution in [0.4, 0.5) is 0 Å². The molecule has 0 aliphatic rings. The molecular formula is C31H31NO. The zero-order chi connectivity index (χ0) is 22.7. The Bertz CT molecular complexity index is 1150. The average molecular weight is 434 g/mol. The van der Waals surface area contributed by atoms with Crippen molar-refractivity contribution in [1.29, 1.82) is 0 Å². The van der Waals surface area contributed by atoms with Crippen LogP contribution in [0.1, 0.15) is 23.1 Å². The van der Waals surface area contributed by atoms with Crippen LogP contribution in [0.3, 0.4) is 0 Å². The predicted molar refractivity (Wildman–Crippen MR) is 139 cm³/mol. The van der Waals surface area contributed by atoms with Crippen molar-refractivity contribution < 1.29 is 4.74 Å². The lowest BCUT2D eigenvalue weighted by atomic mass is 9.90. The summed E-state index contributed by atoms with van der Waals surface area (Å²) in [7, 11) is 0. The minimum Gasteiger partial charge on any atom is -0.496 e. The second kappa shape index (κ2) is 11.8. The highest BCUT2D eigenvalue weighted by Crippen LogP contribution is 2.31. The second-order valence-corrected chi connectivity index (χ2v) is 8.09. The zero-order valence-electron chi connectivity index (χ0n) is 19.0. The normalized spacial score (nSPS) is 11.7. The van der Waals surface area contributed by atoms with E-state index < -0.39 is 0 Å². The van der Waals surface area contributed by atoms with Crippen molar-refractivity contribution in [3.05, 3.63) is 138 Å². The fraction of sp³-hybridized carbons (Fsp3) is 0.161. The molecule has 33 heavy (non-hydrogen) atoms. The van der Waals surface area contributed by atoms with Crippen molar-refractivity contribution in [3.63, 3.8) is 0 Å². The molecule has 0 radical (unpaired) electrons. The average Bonchev–Trinajstić information content (AvgIpc) is 2.89. The van der Waals surface area contributed by atoms with Gasteiger partial charge in [0.15, 0.2) is 0 Å². The maximum absolute atomic E-state index is 6.30. The smallest absolute Gasteiger partial charge is 0.100 e. The van der Waals surface area contributed by atoms with E-state index in [1.807, 2.05) is 0 Å². The van der Waals surface area contributed by atoms with E-state index in [0.717, 1.165) is 25.0 Å². The Hall–Kier alpha value is -3.62. The zero-order valence-corrected chi connectivity index (χ0v) is 19.0. The molecule has 0 amide bonds. The van der Waals surface area contributed by atoms with E-state index in [1.165, 1.54) is 33.4 Å². The van der Waals surface area contributed by atoms with Crippen LogP contribution in [0.2, 0.25) is 0 Å². The van der Waals surface area contributed by atoms with Crippen LogP contribution in [-0.4, -0.2) is 13.2 Å². The van der Waals surface area contributed by atoms with Crippen molar-refractivity contribution in [1.82, 2.24) is 0 Å². The van der Waals surface area contributed by atoms with Gasteiger partial charge < -0.3 is 10.5 Å². The Kier molecular flexibility index (Phi) is 8.10. The van der Waals surface area contributed by atoms with Gasteiger partial charge in [0.05, 0.1) is 6.61 Å². The highest BCUT2D eigenvalue weighted by atomic mass is 16.5. The molecule has 0 saturated carbocycles. The Morgan fingerprint density at radius 1 is 0.667 bits per heavy atom. The van der Waals surface area contributed by atoms with Gasteiger partial charge in [-0.3, -0.25) is 0 Å². The number of ether oxygens (including phenoxy) is 1. The summed E-state index contributed by atoms with van der Waals surface area (Å²) < 4.78 is 6.30. The quantitative estimate of drug-likeness (QED) is 0.276. The lowest BCUT2D eigenvalue weighted by Gasteiger charge is -2.19. The van der Waals surface area contributed by atoms with Crippen LogP contribution >= 0.6 is 0 Å². The second-order valence-electron chi connectivity index (χ2n) is 8.09. The van der Waals surface area contributed by atoms with Crippen LogP contribution < -0.4 is 5.73 Å². The first-order valence-corrected chi connectivity index (χ1v) is 11.6. The maximum atomic E-state index is 6.30. The molecule has 0 heterocycles. The Morgan fingerprint density at radius 3 is 1.97 bits per heavy atom. The summed E-state index contributed by atoms with van der Waals surface area (Å²) in [5.74, 6) is 1.03. The SMILES string of the molecule is NCCO/C(CCc1ccccc1)=C(/Cc1ccccc1-c1ccccc1)c1ccccc1. The highest BCUT2D eigenvalue weighted by molar-refractivity contribution is 5.75. The molecule has 0 fully saturated rings. The Morgan fingerprint density at radius 2 is 1.27 bits per heavy atom. The van der Waals surface area contributed by atoms with Gasteiger partial charge in [-0.15, -0.1) is 0 Å². The summed E-state index contributed by atoms with van der Waals surface area (Å²) in [6.07, 6.45) is 2.56. The van der Waals surface area contributed by atoms with E-state index in [2.05, 4.69) is 115 Å². The lowest BCUT2D eigenvalue weighted by molar-refractivity contribution is 0.212. The first-order valence-electron chi connectivity index (χ1n) is 11.6. The summed E-state index contributed by atoms with van der Waals surface area (Å²) in [5.41, 5.74) is 13.3. The monoisotopic (exact) mass is 433 g/mol. The molecule has 2 nitrogen and oxygen atoms in total. The summed E-state index contributed by atoms with van der Waals surface area (Å²) in [6, 6.07) is 40.4. The molecule has 166 valence electrons. The van der Waals surface area contributed by atoms with Crippen molar-refractivity contribution in [2.45, 2.75) is 19.3 Å². The summed E-state index contributed by atoms with van der Waals surface area (Å²) in [5, 5.41) is 0. The van der Waals surface area contributed by atoms with Gasteiger partial charge in [0.1, 0.15) is 5.76 Å². The van der Waals surface area contributed by atoms with Gasteiger partial charge in [-0.1, -0.05) is 115 Å². The molecule has 0 unspecified atom stereocenters. The molecular weight excluding hydrogens is 402 g/mol. The topological polar surface area (TPSA) is 35.2 Å². The Balaban J connectivity index is 1.74. The maximum Gasteiger partial charge on any atom is 0.100 e. The number of rotatable bonds is 10. The Labute approximate surface area is 197 Å². The van der Waals surface area contributed by atoms with Gasteiger partial charge in [0, 0.05) is 25.0 Å². The van der Waals surface area contributed by atoms with Crippen LogP contribution in [0.25, 0.3) is 16.7 Å². The molecule has 0 aromatic heterocycles. The fourth-order valence-corrected chi connectivity index (χ4v) is 4.16. The van der Waals surface area contributed by atoms with Crippen LogP contribution in [0.15, 0.2) is 121 Å². The van der Waals surface area contributed by atoms with E-state index in [-0.39, 0.29) is 0 Å². The van der Waals surface area contributed by atoms with Crippen molar-refractivity contribution in [2.24, 2.45) is 5.73 Å². The van der Waals surface area contributed by atoms with E-state index in [1.54, 1.807) is 0 Å². The molecule has 2 heteroatoms. The van der Waals surface area contributed by atoms with E-state index >= 15 is 0 Å². The molecule has 0 atom stereocenters. The van der Waals surface area contributed by atoms with Crippen LogP contribution in [0.5, 0.6) is 0 Å². The number of hydrogen-bond acceptors (Lipinski definition) is 2. The molecule has 0 aliphatic heterocycles. The summed E-state index contributed by atoms with van der Waals surface area (Å²) in [6.45, 7) is 1.01. The van der Waals surface area contributed by atoms with Gasteiger partial charge in [0.2, 0.25) is 0 Å². The van der Waals surface area contributed by atoms with Crippen molar-refractivity contribution in [3.8, 4) is 11.1 Å². The minimum absolute atomic E-state index is 0.498. The standard InChI is InChI=1S/C31H31NO/c32-22-23-33-31(21-20-25-12-4-1-5-13-25)30(27-16-8-3-9-17-27)24-28-18-10-11-19-29(28)26-14-6-2-7-15-26/h1-19H,20-24,32H2/b31-30-. The molecule has 0 saturated heterocycles. The van der Waals surface area contributed by atoms with Gasteiger partial charge >= 0.3 is 0 Å². The fourth-order valence-electron chi connectivity index (χ4n) is 4.16. The van der Waals surface area contributed by atoms with Crippen LogP contribution in [-0.2, 0) is 17.6 Å².